The van der Waals surface area contributed by atoms with E-state index in [9.17, 15) is 9.90 Å². The Balaban J connectivity index is 2.12. The smallest absolute Gasteiger partial charge is 0.275 e. The summed E-state index contributed by atoms with van der Waals surface area (Å²) in [5.41, 5.74) is 3.15. The summed E-state index contributed by atoms with van der Waals surface area (Å²) in [5, 5.41) is 13.6. The normalized spacial score (nSPS) is 10.6. The summed E-state index contributed by atoms with van der Waals surface area (Å²) in [4.78, 5) is 12.0. The number of halogens is 1. The average molecular weight is 379 g/mol. The predicted molar refractivity (Wildman–Crippen MR) is 90.4 cm³/mol. The molecule has 0 aliphatic carbocycles. The minimum atomic E-state index is -0.521. The quantitative estimate of drug-likeness (QED) is 0.619. The van der Waals surface area contributed by atoms with E-state index >= 15 is 0 Å². The Bertz CT molecular complexity index is 747. The third-order valence-corrected chi connectivity index (χ3v) is 3.51. The topological polar surface area (TPSA) is 80.2 Å². The summed E-state index contributed by atoms with van der Waals surface area (Å²) in [7, 11) is 3.09. The van der Waals surface area contributed by atoms with Crippen LogP contribution in [0, 0.1) is 0 Å². The van der Waals surface area contributed by atoms with Crippen LogP contribution >= 0.6 is 15.9 Å². The van der Waals surface area contributed by atoms with Gasteiger partial charge in [-0.1, -0.05) is 15.9 Å². The molecule has 2 aromatic carbocycles. The van der Waals surface area contributed by atoms with Crippen LogP contribution in [-0.4, -0.2) is 31.4 Å². The number of hydrogen-bond donors (Lipinski definition) is 2. The lowest BCUT2D eigenvalue weighted by Crippen LogP contribution is -2.17. The van der Waals surface area contributed by atoms with E-state index in [1.807, 2.05) is 0 Å². The number of hydrazone groups is 1. The number of aromatic hydroxyl groups is 1. The first kappa shape index (κ1) is 16.8. The van der Waals surface area contributed by atoms with Gasteiger partial charge >= 0.3 is 0 Å². The number of methoxy groups -OCH3 is 2. The highest BCUT2D eigenvalue weighted by atomic mass is 79.9. The molecular formula is C16H15BrN2O4. The maximum Gasteiger partial charge on any atom is 0.275 e. The van der Waals surface area contributed by atoms with Gasteiger partial charge in [-0.05, 0) is 30.3 Å². The highest BCUT2D eigenvalue weighted by molar-refractivity contribution is 9.10. The maximum atomic E-state index is 12.0. The monoisotopic (exact) mass is 378 g/mol. The number of carbonyl (C=O) groups is 1. The molecule has 0 aliphatic heterocycles. The molecule has 0 aliphatic rings. The number of phenolic OH excluding ortho intramolecular Hbond substituents is 1. The van der Waals surface area contributed by atoms with Gasteiger partial charge in [-0.15, -0.1) is 0 Å². The molecule has 6 nitrogen and oxygen atoms in total. The molecule has 0 bridgehead atoms. The zero-order valence-corrected chi connectivity index (χ0v) is 14.1. The zero-order chi connectivity index (χ0) is 16.8. The molecule has 2 rings (SSSR count). The summed E-state index contributed by atoms with van der Waals surface area (Å²) >= 11 is 3.24. The Labute approximate surface area is 141 Å². The summed E-state index contributed by atoms with van der Waals surface area (Å²) in [6.07, 6.45) is 1.45. The number of hydrogen-bond acceptors (Lipinski definition) is 5. The summed E-state index contributed by atoms with van der Waals surface area (Å²) in [6.45, 7) is 0. The highest BCUT2D eigenvalue weighted by Crippen LogP contribution is 2.23. The van der Waals surface area contributed by atoms with Crippen molar-refractivity contribution >= 4 is 28.1 Å². The standard InChI is InChI=1S/C16H15BrN2O4/c1-22-12-5-3-10(15(8-12)23-2)9-18-19-16(21)13-7-11(17)4-6-14(13)20/h3-9,20H,1-2H3,(H,19,21)/b18-9+. The van der Waals surface area contributed by atoms with Crippen LogP contribution in [-0.2, 0) is 0 Å². The van der Waals surface area contributed by atoms with Crippen LogP contribution in [0.3, 0.4) is 0 Å². The van der Waals surface area contributed by atoms with E-state index in [-0.39, 0.29) is 11.3 Å². The lowest BCUT2D eigenvalue weighted by atomic mass is 10.2. The van der Waals surface area contributed by atoms with Crippen molar-refractivity contribution in [3.05, 3.63) is 52.0 Å². The SMILES string of the molecule is COc1ccc(/C=N/NC(=O)c2cc(Br)ccc2O)c(OC)c1. The third-order valence-electron chi connectivity index (χ3n) is 3.01. The van der Waals surface area contributed by atoms with Gasteiger partial charge in [-0.25, -0.2) is 5.43 Å². The fourth-order valence-corrected chi connectivity index (χ4v) is 2.20. The summed E-state index contributed by atoms with van der Waals surface area (Å²) in [6, 6.07) is 9.79. The average Bonchev–Trinajstić information content (AvgIpc) is 2.57. The molecule has 0 aromatic heterocycles. The van der Waals surface area contributed by atoms with Crippen molar-refractivity contribution < 1.29 is 19.4 Å². The molecule has 0 atom stereocenters. The van der Waals surface area contributed by atoms with Crippen LogP contribution in [0.1, 0.15) is 15.9 Å². The van der Waals surface area contributed by atoms with Crippen molar-refractivity contribution in [2.45, 2.75) is 0 Å². The van der Waals surface area contributed by atoms with Gasteiger partial charge < -0.3 is 14.6 Å². The highest BCUT2D eigenvalue weighted by Gasteiger charge is 2.10. The molecule has 0 spiro atoms. The van der Waals surface area contributed by atoms with E-state index in [0.717, 1.165) is 0 Å². The van der Waals surface area contributed by atoms with Gasteiger partial charge in [0.1, 0.15) is 17.2 Å². The molecule has 7 heteroatoms. The van der Waals surface area contributed by atoms with Crippen LogP contribution in [0.25, 0.3) is 0 Å². The lowest BCUT2D eigenvalue weighted by Gasteiger charge is -2.07. The van der Waals surface area contributed by atoms with E-state index in [1.54, 1.807) is 31.4 Å². The number of ether oxygens (including phenoxy) is 2. The van der Waals surface area contributed by atoms with Gasteiger partial charge in [0.15, 0.2) is 0 Å². The molecule has 0 heterocycles. The van der Waals surface area contributed by atoms with Crippen LogP contribution < -0.4 is 14.9 Å². The molecule has 0 saturated heterocycles. The Morgan fingerprint density at radius 1 is 1.22 bits per heavy atom. The second-order valence-electron chi connectivity index (χ2n) is 4.47. The van der Waals surface area contributed by atoms with Crippen molar-refractivity contribution in [3.63, 3.8) is 0 Å². The molecule has 2 aromatic rings. The molecule has 2 N–H and O–H groups in total. The Morgan fingerprint density at radius 2 is 2.00 bits per heavy atom. The Kier molecular flexibility index (Phi) is 5.59. The van der Waals surface area contributed by atoms with Gasteiger partial charge in [-0.2, -0.15) is 5.10 Å². The first-order valence-electron chi connectivity index (χ1n) is 6.59. The largest absolute Gasteiger partial charge is 0.507 e. The van der Waals surface area contributed by atoms with Crippen molar-refractivity contribution in [3.8, 4) is 17.2 Å². The second kappa shape index (κ2) is 7.64. The number of nitrogens with one attached hydrogen (secondary N) is 1. The summed E-state index contributed by atoms with van der Waals surface area (Å²) in [5.74, 6) is 0.574. The third kappa shape index (κ3) is 4.23. The molecule has 0 radical (unpaired) electrons. The van der Waals surface area contributed by atoms with E-state index in [0.29, 0.717) is 21.5 Å². The molecule has 0 saturated carbocycles. The minimum absolute atomic E-state index is 0.122. The first-order chi connectivity index (χ1) is 11.0. The van der Waals surface area contributed by atoms with Crippen molar-refractivity contribution in [1.29, 1.82) is 0 Å². The van der Waals surface area contributed by atoms with Crippen molar-refractivity contribution in [1.82, 2.24) is 5.43 Å². The second-order valence-corrected chi connectivity index (χ2v) is 5.38. The predicted octanol–water partition coefficient (Wildman–Crippen LogP) is 2.94. The van der Waals surface area contributed by atoms with Crippen molar-refractivity contribution in [2.75, 3.05) is 14.2 Å². The number of amides is 1. The van der Waals surface area contributed by atoms with E-state index < -0.39 is 5.91 Å². The number of rotatable bonds is 5. The van der Waals surface area contributed by atoms with Gasteiger partial charge in [0, 0.05) is 16.1 Å². The first-order valence-corrected chi connectivity index (χ1v) is 7.38. The maximum absolute atomic E-state index is 12.0. The van der Waals surface area contributed by atoms with Gasteiger partial charge in [0.05, 0.1) is 26.0 Å². The van der Waals surface area contributed by atoms with E-state index in [1.165, 1.54) is 25.5 Å². The van der Waals surface area contributed by atoms with Gasteiger partial charge in [0.25, 0.3) is 5.91 Å². The van der Waals surface area contributed by atoms with E-state index in [4.69, 9.17) is 9.47 Å². The van der Waals surface area contributed by atoms with E-state index in [2.05, 4.69) is 26.5 Å². The molecule has 0 unspecified atom stereocenters. The number of benzene rings is 2. The number of phenols is 1. The fraction of sp³-hybridized carbons (Fsp3) is 0.125. The van der Waals surface area contributed by atoms with Crippen molar-refractivity contribution in [2.24, 2.45) is 5.10 Å². The van der Waals surface area contributed by atoms with Gasteiger partial charge in [-0.3, -0.25) is 4.79 Å². The molecule has 0 fully saturated rings. The van der Waals surface area contributed by atoms with Crippen LogP contribution in [0.2, 0.25) is 0 Å². The number of nitrogens with zero attached hydrogens (tertiary/aromatic N) is 1. The fourth-order valence-electron chi connectivity index (χ4n) is 1.84. The van der Waals surface area contributed by atoms with Crippen LogP contribution in [0.4, 0.5) is 0 Å². The van der Waals surface area contributed by atoms with Crippen LogP contribution in [0.5, 0.6) is 17.2 Å². The zero-order valence-electron chi connectivity index (χ0n) is 12.5. The van der Waals surface area contributed by atoms with Gasteiger partial charge in [0.2, 0.25) is 0 Å². The Morgan fingerprint density at radius 3 is 2.70 bits per heavy atom. The lowest BCUT2D eigenvalue weighted by molar-refractivity contribution is 0.0952. The number of carbonyl (C=O) groups excluding carboxylic acids is 1. The molecule has 120 valence electrons. The minimum Gasteiger partial charge on any atom is -0.507 e. The van der Waals surface area contributed by atoms with Crippen LogP contribution in [0.15, 0.2) is 46.0 Å². The molecule has 23 heavy (non-hydrogen) atoms. The molecule has 1 amide bonds. The Hall–Kier alpha value is -2.54. The summed E-state index contributed by atoms with van der Waals surface area (Å²) < 4.78 is 11.0. The molecular weight excluding hydrogens is 364 g/mol.